The highest BCUT2D eigenvalue weighted by Gasteiger charge is 1.95. The van der Waals surface area contributed by atoms with Crippen LogP contribution < -0.4 is 10.1 Å². The monoisotopic (exact) mass is 205 g/mol. The summed E-state index contributed by atoms with van der Waals surface area (Å²) < 4.78 is 5.16. The molecule has 82 valence electrons. The molecular weight excluding hydrogens is 186 g/mol. The molecule has 2 nitrogen and oxygen atoms in total. The zero-order valence-electron chi connectivity index (χ0n) is 9.55. The lowest BCUT2D eigenvalue weighted by atomic mass is 10.2. The second kappa shape index (κ2) is 6.25. The Morgan fingerprint density at radius 2 is 2.27 bits per heavy atom. The average Bonchev–Trinajstić information content (AvgIpc) is 2.29. The highest BCUT2D eigenvalue weighted by atomic mass is 16.5. The first-order valence-corrected chi connectivity index (χ1v) is 5.26. The molecule has 0 unspecified atom stereocenters. The van der Waals surface area contributed by atoms with Crippen LogP contribution in [-0.4, -0.2) is 13.7 Å². The fourth-order valence-electron chi connectivity index (χ4n) is 1.29. The van der Waals surface area contributed by atoms with Crippen molar-refractivity contribution in [1.82, 2.24) is 5.32 Å². The Morgan fingerprint density at radius 1 is 1.47 bits per heavy atom. The van der Waals surface area contributed by atoms with Gasteiger partial charge in [-0.1, -0.05) is 31.2 Å². The Morgan fingerprint density at radius 3 is 2.93 bits per heavy atom. The summed E-state index contributed by atoms with van der Waals surface area (Å²) >= 11 is 0. The molecule has 0 amide bonds. The Bertz CT molecular complexity index is 320. The molecule has 0 aromatic heterocycles. The molecule has 0 saturated carbocycles. The maximum absolute atomic E-state index is 5.16. The standard InChI is InChI=1S/C13H19NO/c1-4-11(2)9-14-10-12-6-5-7-13(8-12)15-3/h5-8,14H,2,4,9-10H2,1,3H3. The van der Waals surface area contributed by atoms with Crippen molar-refractivity contribution in [3.05, 3.63) is 42.0 Å². The second-order valence-corrected chi connectivity index (χ2v) is 3.56. The summed E-state index contributed by atoms with van der Waals surface area (Å²) in [6.07, 6.45) is 1.03. The largest absolute Gasteiger partial charge is 0.497 e. The van der Waals surface area contributed by atoms with Gasteiger partial charge in [0.15, 0.2) is 0 Å². The summed E-state index contributed by atoms with van der Waals surface area (Å²) in [5.41, 5.74) is 2.47. The molecule has 0 atom stereocenters. The van der Waals surface area contributed by atoms with Gasteiger partial charge in [-0.3, -0.25) is 0 Å². The summed E-state index contributed by atoms with van der Waals surface area (Å²) in [7, 11) is 1.69. The lowest BCUT2D eigenvalue weighted by molar-refractivity contribution is 0.414. The predicted octanol–water partition coefficient (Wildman–Crippen LogP) is 2.75. The van der Waals surface area contributed by atoms with Crippen LogP contribution >= 0.6 is 0 Å². The summed E-state index contributed by atoms with van der Waals surface area (Å²) in [6, 6.07) is 8.09. The van der Waals surface area contributed by atoms with Gasteiger partial charge in [-0.2, -0.15) is 0 Å². The van der Waals surface area contributed by atoms with E-state index in [1.54, 1.807) is 7.11 Å². The Kier molecular flexibility index (Phi) is 4.91. The van der Waals surface area contributed by atoms with Gasteiger partial charge in [-0.15, -0.1) is 0 Å². The van der Waals surface area contributed by atoms with Gasteiger partial charge in [0.1, 0.15) is 5.75 Å². The molecule has 1 aromatic carbocycles. The van der Waals surface area contributed by atoms with Gasteiger partial charge in [0.25, 0.3) is 0 Å². The third kappa shape index (κ3) is 4.17. The topological polar surface area (TPSA) is 21.3 Å². The fourth-order valence-corrected chi connectivity index (χ4v) is 1.29. The molecule has 0 saturated heterocycles. The molecule has 0 radical (unpaired) electrons. The van der Waals surface area contributed by atoms with Gasteiger partial charge in [0, 0.05) is 13.1 Å². The highest BCUT2D eigenvalue weighted by molar-refractivity contribution is 5.28. The van der Waals surface area contributed by atoms with E-state index in [9.17, 15) is 0 Å². The van der Waals surface area contributed by atoms with Gasteiger partial charge >= 0.3 is 0 Å². The van der Waals surface area contributed by atoms with Crippen LogP contribution in [0.25, 0.3) is 0 Å². The van der Waals surface area contributed by atoms with E-state index in [4.69, 9.17) is 4.74 Å². The minimum atomic E-state index is 0.857. The van der Waals surface area contributed by atoms with Gasteiger partial charge in [0.05, 0.1) is 7.11 Å². The molecule has 0 bridgehead atoms. The Hall–Kier alpha value is -1.28. The minimum absolute atomic E-state index is 0.857. The van der Waals surface area contributed by atoms with Gasteiger partial charge in [-0.25, -0.2) is 0 Å². The third-order valence-corrected chi connectivity index (χ3v) is 2.34. The van der Waals surface area contributed by atoms with E-state index in [0.717, 1.165) is 25.3 Å². The number of methoxy groups -OCH3 is 1. The summed E-state index contributed by atoms with van der Waals surface area (Å²) in [5, 5.41) is 3.35. The molecule has 0 aliphatic rings. The fraction of sp³-hybridized carbons (Fsp3) is 0.385. The van der Waals surface area contributed by atoms with E-state index in [0.29, 0.717) is 0 Å². The van der Waals surface area contributed by atoms with E-state index < -0.39 is 0 Å². The van der Waals surface area contributed by atoms with Crippen LogP contribution in [-0.2, 0) is 6.54 Å². The molecule has 2 heteroatoms. The van der Waals surface area contributed by atoms with Crippen LogP contribution in [0.15, 0.2) is 36.4 Å². The molecule has 1 N–H and O–H groups in total. The van der Waals surface area contributed by atoms with Crippen molar-refractivity contribution in [1.29, 1.82) is 0 Å². The van der Waals surface area contributed by atoms with E-state index in [-0.39, 0.29) is 0 Å². The lowest BCUT2D eigenvalue weighted by Gasteiger charge is -2.07. The van der Waals surface area contributed by atoms with Crippen molar-refractivity contribution in [2.75, 3.05) is 13.7 Å². The second-order valence-electron chi connectivity index (χ2n) is 3.56. The zero-order valence-corrected chi connectivity index (χ0v) is 9.55. The van der Waals surface area contributed by atoms with Crippen molar-refractivity contribution in [3.63, 3.8) is 0 Å². The molecular formula is C13H19NO. The number of nitrogens with one attached hydrogen (secondary N) is 1. The van der Waals surface area contributed by atoms with Crippen molar-refractivity contribution >= 4 is 0 Å². The first-order chi connectivity index (χ1) is 7.26. The highest BCUT2D eigenvalue weighted by Crippen LogP contribution is 2.12. The van der Waals surface area contributed by atoms with E-state index in [1.165, 1.54) is 11.1 Å². The van der Waals surface area contributed by atoms with Crippen molar-refractivity contribution in [2.45, 2.75) is 19.9 Å². The molecule has 0 fully saturated rings. The Balaban J connectivity index is 2.40. The van der Waals surface area contributed by atoms with Crippen molar-refractivity contribution in [2.24, 2.45) is 0 Å². The SMILES string of the molecule is C=C(CC)CNCc1cccc(OC)c1. The molecule has 15 heavy (non-hydrogen) atoms. The van der Waals surface area contributed by atoms with Crippen LogP contribution in [0, 0.1) is 0 Å². The van der Waals surface area contributed by atoms with Gasteiger partial charge < -0.3 is 10.1 Å². The normalized spacial score (nSPS) is 10.0. The van der Waals surface area contributed by atoms with E-state index in [2.05, 4.69) is 24.9 Å². The quantitative estimate of drug-likeness (QED) is 0.721. The maximum atomic E-state index is 5.16. The molecule has 1 aromatic rings. The molecule has 0 heterocycles. The average molecular weight is 205 g/mol. The van der Waals surface area contributed by atoms with Crippen LogP contribution in [0.3, 0.4) is 0 Å². The van der Waals surface area contributed by atoms with Crippen LogP contribution in [0.1, 0.15) is 18.9 Å². The zero-order chi connectivity index (χ0) is 11.1. The predicted molar refractivity (Wildman–Crippen MR) is 64.1 cm³/mol. The van der Waals surface area contributed by atoms with Gasteiger partial charge in [0.2, 0.25) is 0 Å². The summed E-state index contributed by atoms with van der Waals surface area (Å²) in [4.78, 5) is 0. The maximum Gasteiger partial charge on any atom is 0.119 e. The Labute approximate surface area is 92.0 Å². The van der Waals surface area contributed by atoms with Crippen LogP contribution in [0.4, 0.5) is 0 Å². The van der Waals surface area contributed by atoms with E-state index in [1.807, 2.05) is 18.2 Å². The molecule has 0 aliphatic heterocycles. The van der Waals surface area contributed by atoms with Crippen molar-refractivity contribution in [3.8, 4) is 5.75 Å². The third-order valence-electron chi connectivity index (χ3n) is 2.34. The smallest absolute Gasteiger partial charge is 0.119 e. The number of hydrogen-bond donors (Lipinski definition) is 1. The molecule has 0 spiro atoms. The van der Waals surface area contributed by atoms with Crippen molar-refractivity contribution < 1.29 is 4.74 Å². The van der Waals surface area contributed by atoms with E-state index >= 15 is 0 Å². The van der Waals surface area contributed by atoms with Crippen LogP contribution in [0.5, 0.6) is 5.75 Å². The molecule has 1 rings (SSSR count). The van der Waals surface area contributed by atoms with Gasteiger partial charge in [-0.05, 0) is 24.1 Å². The number of ether oxygens (including phenoxy) is 1. The molecule has 0 aliphatic carbocycles. The number of rotatable bonds is 6. The first-order valence-electron chi connectivity index (χ1n) is 5.26. The first kappa shape index (κ1) is 11.8. The summed E-state index contributed by atoms with van der Waals surface area (Å²) in [5.74, 6) is 0.906. The minimum Gasteiger partial charge on any atom is -0.497 e. The number of benzene rings is 1. The lowest BCUT2D eigenvalue weighted by Crippen LogP contribution is -2.15. The van der Waals surface area contributed by atoms with Crippen LogP contribution in [0.2, 0.25) is 0 Å². The number of hydrogen-bond acceptors (Lipinski definition) is 2. The summed E-state index contributed by atoms with van der Waals surface area (Å²) in [6.45, 7) is 7.81.